The molecule has 19 heavy (non-hydrogen) atoms. The van der Waals surface area contributed by atoms with Crippen molar-refractivity contribution in [2.45, 2.75) is 25.8 Å². The van der Waals surface area contributed by atoms with Crippen molar-refractivity contribution in [3.63, 3.8) is 0 Å². The Hall–Kier alpha value is -1.26. The summed E-state index contributed by atoms with van der Waals surface area (Å²) < 4.78 is 5.37. The minimum absolute atomic E-state index is 0.112. The van der Waals surface area contributed by atoms with Crippen LogP contribution in [0.1, 0.15) is 31.4 Å². The van der Waals surface area contributed by atoms with Crippen molar-refractivity contribution in [2.75, 3.05) is 26.8 Å². The summed E-state index contributed by atoms with van der Waals surface area (Å²) in [5.74, 6) is 0.898. The van der Waals surface area contributed by atoms with Crippen LogP contribution in [0.4, 0.5) is 0 Å². The molecule has 2 rings (SSSR count). The Kier molecular flexibility index (Phi) is 4.66. The van der Waals surface area contributed by atoms with Gasteiger partial charge in [-0.15, -0.1) is 0 Å². The van der Waals surface area contributed by atoms with E-state index in [-0.39, 0.29) is 17.5 Å². The van der Waals surface area contributed by atoms with Gasteiger partial charge in [0.05, 0.1) is 0 Å². The smallest absolute Gasteiger partial charge is 0.119 e. The Labute approximate surface area is 114 Å². The summed E-state index contributed by atoms with van der Waals surface area (Å²) in [6.45, 7) is 4.83. The van der Waals surface area contributed by atoms with E-state index in [1.165, 1.54) is 6.07 Å². The van der Waals surface area contributed by atoms with Gasteiger partial charge in [0.25, 0.3) is 0 Å². The molecule has 4 nitrogen and oxygen atoms in total. The third-order valence-electron chi connectivity index (χ3n) is 3.96. The zero-order chi connectivity index (χ0) is 13.8. The van der Waals surface area contributed by atoms with Gasteiger partial charge in [-0.1, -0.05) is 0 Å². The number of nitrogens with zero attached hydrogens (tertiary/aromatic N) is 1. The van der Waals surface area contributed by atoms with Crippen molar-refractivity contribution in [3.8, 4) is 11.5 Å². The molecule has 1 aromatic carbocycles. The SMILES string of the molecule is CC(c1cc(O)cc(O)c1)N(C)CC1CCOCC1. The van der Waals surface area contributed by atoms with Crippen molar-refractivity contribution < 1.29 is 14.9 Å². The number of phenols is 2. The number of hydrogen-bond donors (Lipinski definition) is 2. The molecule has 0 radical (unpaired) electrons. The van der Waals surface area contributed by atoms with E-state index in [4.69, 9.17) is 4.74 Å². The first-order valence-corrected chi connectivity index (χ1v) is 6.87. The van der Waals surface area contributed by atoms with E-state index in [1.54, 1.807) is 12.1 Å². The Morgan fingerprint density at radius 3 is 2.37 bits per heavy atom. The fourth-order valence-electron chi connectivity index (χ4n) is 2.61. The highest BCUT2D eigenvalue weighted by Crippen LogP contribution is 2.28. The molecule has 1 heterocycles. The third kappa shape index (κ3) is 3.85. The van der Waals surface area contributed by atoms with Crippen molar-refractivity contribution in [3.05, 3.63) is 23.8 Å². The molecule has 1 aliphatic rings. The van der Waals surface area contributed by atoms with Crippen LogP contribution < -0.4 is 0 Å². The highest BCUT2D eigenvalue weighted by molar-refractivity contribution is 5.37. The molecule has 0 aliphatic carbocycles. The summed E-state index contributed by atoms with van der Waals surface area (Å²) in [4.78, 5) is 2.27. The number of rotatable bonds is 4. The summed E-state index contributed by atoms with van der Waals surface area (Å²) in [7, 11) is 2.08. The molecular formula is C15H23NO3. The van der Waals surface area contributed by atoms with E-state index < -0.39 is 0 Å². The van der Waals surface area contributed by atoms with E-state index in [0.717, 1.165) is 38.2 Å². The maximum absolute atomic E-state index is 9.55. The van der Waals surface area contributed by atoms with Crippen LogP contribution in [-0.2, 0) is 4.74 Å². The van der Waals surface area contributed by atoms with Gasteiger partial charge in [0.2, 0.25) is 0 Å². The summed E-state index contributed by atoms with van der Waals surface area (Å²) in [6.07, 6.45) is 2.23. The van der Waals surface area contributed by atoms with E-state index in [2.05, 4.69) is 18.9 Å². The van der Waals surface area contributed by atoms with Gasteiger partial charge in [-0.05, 0) is 50.4 Å². The maximum atomic E-state index is 9.55. The van der Waals surface area contributed by atoms with Gasteiger partial charge in [0.1, 0.15) is 11.5 Å². The fraction of sp³-hybridized carbons (Fsp3) is 0.600. The van der Waals surface area contributed by atoms with Crippen LogP contribution in [0.25, 0.3) is 0 Å². The predicted octanol–water partition coefficient (Wildman–Crippen LogP) is 2.52. The molecule has 4 heteroatoms. The number of phenolic OH excluding ortho intramolecular Hbond substituents is 2. The lowest BCUT2D eigenvalue weighted by atomic mass is 9.98. The highest BCUT2D eigenvalue weighted by Gasteiger charge is 2.19. The molecule has 0 spiro atoms. The Morgan fingerprint density at radius 1 is 1.21 bits per heavy atom. The van der Waals surface area contributed by atoms with Crippen LogP contribution in [0, 0.1) is 5.92 Å². The molecule has 1 atom stereocenters. The van der Waals surface area contributed by atoms with E-state index >= 15 is 0 Å². The molecule has 0 bridgehead atoms. The van der Waals surface area contributed by atoms with Gasteiger partial charge in [-0.2, -0.15) is 0 Å². The monoisotopic (exact) mass is 265 g/mol. The first-order valence-electron chi connectivity index (χ1n) is 6.87. The molecule has 2 N–H and O–H groups in total. The van der Waals surface area contributed by atoms with E-state index in [9.17, 15) is 10.2 Å². The van der Waals surface area contributed by atoms with Crippen LogP contribution in [0.3, 0.4) is 0 Å². The van der Waals surface area contributed by atoms with Gasteiger partial charge in [-0.3, -0.25) is 4.90 Å². The molecule has 106 valence electrons. The van der Waals surface area contributed by atoms with Crippen LogP contribution in [0.5, 0.6) is 11.5 Å². The van der Waals surface area contributed by atoms with Gasteiger partial charge in [-0.25, -0.2) is 0 Å². The summed E-state index contributed by atoms with van der Waals surface area (Å²) in [5, 5.41) is 19.1. The lowest BCUT2D eigenvalue weighted by molar-refractivity contribution is 0.0513. The van der Waals surface area contributed by atoms with Gasteiger partial charge in [0.15, 0.2) is 0 Å². The molecule has 1 aliphatic heterocycles. The van der Waals surface area contributed by atoms with Crippen molar-refractivity contribution >= 4 is 0 Å². The Balaban J connectivity index is 1.99. The molecule has 0 saturated carbocycles. The second-order valence-electron chi connectivity index (χ2n) is 5.45. The quantitative estimate of drug-likeness (QED) is 0.878. The fourth-order valence-corrected chi connectivity index (χ4v) is 2.61. The van der Waals surface area contributed by atoms with Crippen molar-refractivity contribution in [2.24, 2.45) is 5.92 Å². The Morgan fingerprint density at radius 2 is 1.79 bits per heavy atom. The van der Waals surface area contributed by atoms with Gasteiger partial charge >= 0.3 is 0 Å². The average Bonchev–Trinajstić information content (AvgIpc) is 2.37. The third-order valence-corrected chi connectivity index (χ3v) is 3.96. The topological polar surface area (TPSA) is 52.9 Å². The van der Waals surface area contributed by atoms with Crippen LogP contribution >= 0.6 is 0 Å². The zero-order valence-electron chi connectivity index (χ0n) is 11.7. The van der Waals surface area contributed by atoms with E-state index in [0.29, 0.717) is 5.92 Å². The van der Waals surface area contributed by atoms with Gasteiger partial charge in [0, 0.05) is 31.9 Å². The number of ether oxygens (including phenoxy) is 1. The zero-order valence-corrected chi connectivity index (χ0v) is 11.7. The average molecular weight is 265 g/mol. The van der Waals surface area contributed by atoms with Crippen molar-refractivity contribution in [1.82, 2.24) is 4.90 Å². The summed E-state index contributed by atoms with van der Waals surface area (Å²) in [6, 6.07) is 4.95. The molecule has 1 saturated heterocycles. The predicted molar refractivity (Wildman–Crippen MR) is 74.4 cm³/mol. The molecule has 1 aromatic rings. The largest absolute Gasteiger partial charge is 0.508 e. The first kappa shape index (κ1) is 14.2. The standard InChI is InChI=1S/C15H23NO3/c1-11(13-7-14(17)9-15(18)8-13)16(2)10-12-3-5-19-6-4-12/h7-9,11-12,17-18H,3-6,10H2,1-2H3. The Bertz CT molecular complexity index is 396. The summed E-state index contributed by atoms with van der Waals surface area (Å²) >= 11 is 0. The molecular weight excluding hydrogens is 242 g/mol. The minimum Gasteiger partial charge on any atom is -0.508 e. The first-order chi connectivity index (χ1) is 9.06. The molecule has 0 amide bonds. The van der Waals surface area contributed by atoms with Crippen LogP contribution in [0.15, 0.2) is 18.2 Å². The maximum Gasteiger partial charge on any atom is 0.119 e. The summed E-state index contributed by atoms with van der Waals surface area (Å²) in [5.41, 5.74) is 0.937. The molecule has 1 fully saturated rings. The minimum atomic E-state index is 0.112. The normalized spacial score (nSPS) is 18.7. The lowest BCUT2D eigenvalue weighted by Crippen LogP contribution is -2.31. The van der Waals surface area contributed by atoms with Gasteiger partial charge < -0.3 is 14.9 Å². The van der Waals surface area contributed by atoms with E-state index in [1.807, 2.05) is 0 Å². The second-order valence-corrected chi connectivity index (χ2v) is 5.45. The van der Waals surface area contributed by atoms with Crippen LogP contribution in [-0.4, -0.2) is 41.9 Å². The number of hydrogen-bond acceptors (Lipinski definition) is 4. The molecule has 0 aromatic heterocycles. The number of aromatic hydroxyl groups is 2. The van der Waals surface area contributed by atoms with Crippen LogP contribution in [0.2, 0.25) is 0 Å². The number of benzene rings is 1. The highest BCUT2D eigenvalue weighted by atomic mass is 16.5. The lowest BCUT2D eigenvalue weighted by Gasteiger charge is -2.31. The molecule has 1 unspecified atom stereocenters. The van der Waals surface area contributed by atoms with Crippen molar-refractivity contribution in [1.29, 1.82) is 0 Å². The second kappa shape index (κ2) is 6.26.